The van der Waals surface area contributed by atoms with Gasteiger partial charge in [-0.15, -0.1) is 0 Å². The summed E-state index contributed by atoms with van der Waals surface area (Å²) in [5, 5.41) is 0. The SMILES string of the molecule is NCC1CCCCN1C(=O)c1cc(Br)ccc1Br. The molecular weight excluding hydrogens is 360 g/mol. The number of nitrogens with zero attached hydrogens (tertiary/aromatic N) is 1. The zero-order chi connectivity index (χ0) is 13.1. The first kappa shape index (κ1) is 14.0. The molecule has 1 heterocycles. The Morgan fingerprint density at radius 3 is 2.89 bits per heavy atom. The first-order valence-corrected chi connectivity index (χ1v) is 7.68. The van der Waals surface area contributed by atoms with E-state index in [1.54, 1.807) is 0 Å². The van der Waals surface area contributed by atoms with Crippen molar-refractivity contribution < 1.29 is 4.79 Å². The van der Waals surface area contributed by atoms with Gasteiger partial charge in [-0.1, -0.05) is 15.9 Å². The van der Waals surface area contributed by atoms with Crippen LogP contribution in [0.4, 0.5) is 0 Å². The van der Waals surface area contributed by atoms with Crippen molar-refractivity contribution in [1.82, 2.24) is 4.90 Å². The topological polar surface area (TPSA) is 46.3 Å². The molecule has 0 bridgehead atoms. The van der Waals surface area contributed by atoms with Gasteiger partial charge in [0.1, 0.15) is 0 Å². The van der Waals surface area contributed by atoms with Crippen LogP contribution in [-0.2, 0) is 0 Å². The minimum absolute atomic E-state index is 0.0679. The molecule has 2 rings (SSSR count). The minimum atomic E-state index is 0.0679. The Morgan fingerprint density at radius 1 is 1.39 bits per heavy atom. The van der Waals surface area contributed by atoms with E-state index < -0.39 is 0 Å². The maximum atomic E-state index is 12.6. The van der Waals surface area contributed by atoms with Gasteiger partial charge in [-0.25, -0.2) is 0 Å². The Kier molecular flexibility index (Phi) is 4.81. The summed E-state index contributed by atoms with van der Waals surface area (Å²) in [6.45, 7) is 1.34. The molecule has 0 saturated carbocycles. The summed E-state index contributed by atoms with van der Waals surface area (Å²) in [7, 11) is 0. The molecule has 18 heavy (non-hydrogen) atoms. The number of amides is 1. The molecule has 3 nitrogen and oxygen atoms in total. The van der Waals surface area contributed by atoms with Gasteiger partial charge in [0.05, 0.1) is 5.56 Å². The maximum absolute atomic E-state index is 12.6. The molecule has 0 spiro atoms. The lowest BCUT2D eigenvalue weighted by Crippen LogP contribution is -2.47. The molecule has 1 amide bonds. The second-order valence-corrected chi connectivity index (χ2v) is 6.28. The third kappa shape index (κ3) is 2.95. The van der Waals surface area contributed by atoms with E-state index in [-0.39, 0.29) is 11.9 Å². The highest BCUT2D eigenvalue weighted by Gasteiger charge is 2.27. The summed E-state index contributed by atoms with van der Waals surface area (Å²) >= 11 is 6.84. The zero-order valence-electron chi connectivity index (χ0n) is 10.0. The molecule has 0 aliphatic carbocycles. The molecular formula is C13H16Br2N2O. The van der Waals surface area contributed by atoms with Crippen molar-refractivity contribution in [2.24, 2.45) is 5.73 Å². The quantitative estimate of drug-likeness (QED) is 0.862. The third-order valence-electron chi connectivity index (χ3n) is 3.32. The van der Waals surface area contributed by atoms with Crippen LogP contribution in [0.3, 0.4) is 0 Å². The normalized spacial score (nSPS) is 19.9. The van der Waals surface area contributed by atoms with Gasteiger partial charge in [0.25, 0.3) is 5.91 Å². The number of hydrogen-bond acceptors (Lipinski definition) is 2. The van der Waals surface area contributed by atoms with Gasteiger partial charge in [0, 0.05) is 28.1 Å². The Morgan fingerprint density at radius 2 is 2.17 bits per heavy atom. The molecule has 1 unspecified atom stereocenters. The van der Waals surface area contributed by atoms with Crippen LogP contribution in [0.25, 0.3) is 0 Å². The molecule has 1 fully saturated rings. The fourth-order valence-corrected chi connectivity index (χ4v) is 3.11. The highest BCUT2D eigenvalue weighted by Crippen LogP contribution is 2.26. The summed E-state index contributed by atoms with van der Waals surface area (Å²) in [6.07, 6.45) is 3.23. The lowest BCUT2D eigenvalue weighted by Gasteiger charge is -2.35. The number of carbonyl (C=O) groups excluding carboxylic acids is 1. The maximum Gasteiger partial charge on any atom is 0.255 e. The fraction of sp³-hybridized carbons (Fsp3) is 0.462. The van der Waals surface area contributed by atoms with Crippen molar-refractivity contribution in [3.63, 3.8) is 0 Å². The van der Waals surface area contributed by atoms with E-state index >= 15 is 0 Å². The molecule has 98 valence electrons. The van der Waals surface area contributed by atoms with Gasteiger partial charge in [-0.05, 0) is 53.4 Å². The van der Waals surface area contributed by atoms with Crippen LogP contribution in [0.2, 0.25) is 0 Å². The molecule has 5 heteroatoms. The number of hydrogen-bond donors (Lipinski definition) is 1. The van der Waals surface area contributed by atoms with Gasteiger partial charge in [-0.3, -0.25) is 4.79 Å². The largest absolute Gasteiger partial charge is 0.334 e. The number of likely N-dealkylation sites (tertiary alicyclic amines) is 1. The van der Waals surface area contributed by atoms with Crippen LogP contribution < -0.4 is 5.73 Å². The van der Waals surface area contributed by atoms with Crippen molar-refractivity contribution in [2.75, 3.05) is 13.1 Å². The van der Waals surface area contributed by atoms with Gasteiger partial charge in [0.2, 0.25) is 0 Å². The number of rotatable bonds is 2. The molecule has 1 aromatic rings. The number of nitrogens with two attached hydrogens (primary N) is 1. The summed E-state index contributed by atoms with van der Waals surface area (Å²) in [6, 6.07) is 5.84. The number of carbonyl (C=O) groups is 1. The zero-order valence-corrected chi connectivity index (χ0v) is 13.2. The van der Waals surface area contributed by atoms with Crippen LogP contribution in [0.5, 0.6) is 0 Å². The molecule has 2 N–H and O–H groups in total. The van der Waals surface area contributed by atoms with Crippen LogP contribution >= 0.6 is 31.9 Å². The third-order valence-corrected chi connectivity index (χ3v) is 4.50. The summed E-state index contributed by atoms with van der Waals surface area (Å²) in [4.78, 5) is 14.5. The first-order valence-electron chi connectivity index (χ1n) is 6.09. The standard InChI is InChI=1S/C13H16Br2N2O/c14-9-4-5-12(15)11(7-9)13(18)17-6-2-1-3-10(17)8-16/h4-5,7,10H,1-3,6,8,16H2. The van der Waals surface area contributed by atoms with Crippen molar-refractivity contribution in [3.8, 4) is 0 Å². The predicted molar refractivity (Wildman–Crippen MR) is 79.6 cm³/mol. The molecule has 1 saturated heterocycles. The first-order chi connectivity index (χ1) is 8.63. The predicted octanol–water partition coefficient (Wildman–Crippen LogP) is 3.17. The van der Waals surface area contributed by atoms with Crippen molar-refractivity contribution >= 4 is 37.8 Å². The molecule has 0 radical (unpaired) electrons. The lowest BCUT2D eigenvalue weighted by atomic mass is 10.0. The van der Waals surface area contributed by atoms with E-state index in [0.29, 0.717) is 12.1 Å². The summed E-state index contributed by atoms with van der Waals surface area (Å²) < 4.78 is 1.74. The van der Waals surface area contributed by atoms with Crippen molar-refractivity contribution in [1.29, 1.82) is 0 Å². The Hall–Kier alpha value is -0.390. The van der Waals surface area contributed by atoms with Crippen LogP contribution in [0, 0.1) is 0 Å². The lowest BCUT2D eigenvalue weighted by molar-refractivity contribution is 0.0622. The van der Waals surface area contributed by atoms with Gasteiger partial charge >= 0.3 is 0 Å². The Labute approximate surface area is 124 Å². The van der Waals surface area contributed by atoms with Crippen molar-refractivity contribution in [3.05, 3.63) is 32.7 Å². The highest BCUT2D eigenvalue weighted by atomic mass is 79.9. The van der Waals surface area contributed by atoms with E-state index in [9.17, 15) is 4.79 Å². The number of halogens is 2. The molecule has 0 aromatic heterocycles. The molecule has 1 aliphatic rings. The summed E-state index contributed by atoms with van der Waals surface area (Å²) in [5.74, 6) is 0.0679. The molecule has 1 atom stereocenters. The van der Waals surface area contributed by atoms with E-state index in [1.807, 2.05) is 23.1 Å². The monoisotopic (exact) mass is 374 g/mol. The molecule has 1 aliphatic heterocycles. The number of benzene rings is 1. The minimum Gasteiger partial charge on any atom is -0.334 e. The van der Waals surface area contributed by atoms with Gasteiger partial charge in [0.15, 0.2) is 0 Å². The molecule has 1 aromatic carbocycles. The number of piperidine rings is 1. The van der Waals surface area contributed by atoms with Crippen LogP contribution in [0.1, 0.15) is 29.6 Å². The Balaban J connectivity index is 2.26. The van der Waals surface area contributed by atoms with E-state index in [1.165, 1.54) is 0 Å². The van der Waals surface area contributed by atoms with Crippen LogP contribution in [0.15, 0.2) is 27.1 Å². The van der Waals surface area contributed by atoms with E-state index in [0.717, 1.165) is 34.8 Å². The summed E-state index contributed by atoms with van der Waals surface area (Å²) in [5.41, 5.74) is 6.46. The van der Waals surface area contributed by atoms with E-state index in [2.05, 4.69) is 31.9 Å². The van der Waals surface area contributed by atoms with Crippen LogP contribution in [-0.4, -0.2) is 29.9 Å². The average molecular weight is 376 g/mol. The van der Waals surface area contributed by atoms with E-state index in [4.69, 9.17) is 5.73 Å². The average Bonchev–Trinajstić information content (AvgIpc) is 2.40. The smallest absolute Gasteiger partial charge is 0.255 e. The van der Waals surface area contributed by atoms with Crippen molar-refractivity contribution in [2.45, 2.75) is 25.3 Å². The van der Waals surface area contributed by atoms with Gasteiger partial charge in [-0.2, -0.15) is 0 Å². The Bertz CT molecular complexity index is 451. The fourth-order valence-electron chi connectivity index (χ4n) is 2.33. The second kappa shape index (κ2) is 6.17. The van der Waals surface area contributed by atoms with Gasteiger partial charge < -0.3 is 10.6 Å². The highest BCUT2D eigenvalue weighted by molar-refractivity contribution is 9.11. The second-order valence-electron chi connectivity index (χ2n) is 4.51.